The van der Waals surface area contributed by atoms with E-state index in [4.69, 9.17) is 4.74 Å². The second-order valence-corrected chi connectivity index (χ2v) is 8.68. The van der Waals surface area contributed by atoms with Crippen molar-refractivity contribution in [2.45, 2.75) is 29.6 Å². The third-order valence-corrected chi connectivity index (χ3v) is 7.10. The van der Waals surface area contributed by atoms with Gasteiger partial charge in [-0.2, -0.15) is 0 Å². The SMILES string of the molecule is COC(=O)C1(c2c([N+](=O)[O-])cnc3c2ccn3S(=O)(=O)c2ccccc2)CCC1. The Hall–Kier alpha value is -3.27. The molecule has 29 heavy (non-hydrogen) atoms. The summed E-state index contributed by atoms with van der Waals surface area (Å²) in [6.07, 6.45) is 3.79. The number of carbonyl (C=O) groups is 1. The van der Waals surface area contributed by atoms with E-state index in [1.54, 1.807) is 18.2 Å². The second-order valence-electron chi connectivity index (χ2n) is 6.87. The lowest BCUT2D eigenvalue weighted by Crippen LogP contribution is -2.44. The minimum atomic E-state index is -3.96. The van der Waals surface area contributed by atoms with Crippen molar-refractivity contribution in [1.82, 2.24) is 8.96 Å². The maximum atomic E-state index is 13.1. The Kier molecular flexibility index (Phi) is 4.38. The van der Waals surface area contributed by atoms with E-state index >= 15 is 0 Å². The van der Waals surface area contributed by atoms with Crippen molar-refractivity contribution in [2.24, 2.45) is 0 Å². The lowest BCUT2D eigenvalue weighted by molar-refractivity contribution is -0.386. The number of carbonyl (C=O) groups excluding carboxylic acids is 1. The maximum Gasteiger partial charge on any atom is 0.316 e. The minimum Gasteiger partial charge on any atom is -0.468 e. The highest BCUT2D eigenvalue weighted by atomic mass is 32.2. The fourth-order valence-corrected chi connectivity index (χ4v) is 5.20. The first-order valence-electron chi connectivity index (χ1n) is 8.87. The van der Waals surface area contributed by atoms with Crippen LogP contribution in [0.4, 0.5) is 5.69 Å². The van der Waals surface area contributed by atoms with E-state index in [9.17, 15) is 23.3 Å². The first-order chi connectivity index (χ1) is 13.8. The molecule has 2 heterocycles. The Labute approximate surface area is 166 Å². The van der Waals surface area contributed by atoms with Gasteiger partial charge in [0.25, 0.3) is 15.7 Å². The Morgan fingerprint density at radius 3 is 2.48 bits per heavy atom. The molecule has 1 aromatic carbocycles. The molecule has 9 nitrogen and oxygen atoms in total. The van der Waals surface area contributed by atoms with Gasteiger partial charge in [0.15, 0.2) is 5.65 Å². The number of benzene rings is 1. The summed E-state index contributed by atoms with van der Waals surface area (Å²) in [6.45, 7) is 0. The Morgan fingerprint density at radius 2 is 1.93 bits per heavy atom. The number of rotatable bonds is 5. The predicted octanol–water partition coefficient (Wildman–Crippen LogP) is 2.78. The van der Waals surface area contributed by atoms with Gasteiger partial charge in [-0.05, 0) is 31.0 Å². The summed E-state index contributed by atoms with van der Waals surface area (Å²) in [4.78, 5) is 27.8. The largest absolute Gasteiger partial charge is 0.468 e. The Balaban J connectivity index is 2.01. The van der Waals surface area contributed by atoms with Crippen molar-refractivity contribution in [3.63, 3.8) is 0 Å². The molecule has 0 bridgehead atoms. The van der Waals surface area contributed by atoms with Crippen LogP contribution in [0.25, 0.3) is 11.0 Å². The van der Waals surface area contributed by atoms with Gasteiger partial charge in [-0.3, -0.25) is 14.9 Å². The molecular weight excluding hydrogens is 398 g/mol. The molecule has 10 heteroatoms. The molecule has 0 amide bonds. The zero-order valence-corrected chi connectivity index (χ0v) is 16.3. The normalized spacial score (nSPS) is 15.6. The number of hydrogen-bond donors (Lipinski definition) is 0. The van der Waals surface area contributed by atoms with Crippen LogP contribution in [0.1, 0.15) is 24.8 Å². The number of hydrogen-bond acceptors (Lipinski definition) is 7. The number of nitrogens with zero attached hydrogens (tertiary/aromatic N) is 3. The molecule has 4 rings (SSSR count). The van der Waals surface area contributed by atoms with Crippen LogP contribution in [0.15, 0.2) is 53.7 Å². The summed E-state index contributed by atoms with van der Waals surface area (Å²) < 4.78 is 32.0. The third kappa shape index (κ3) is 2.70. The standard InChI is InChI=1S/C19H17N3O6S/c1-28-18(23)19(9-5-10-19)16-14-8-11-21(17(14)20-12-15(16)22(24)25)29(26,27)13-6-3-2-4-7-13/h2-4,6-8,11-12H,5,9-10H2,1H3. The molecule has 1 fully saturated rings. The van der Waals surface area contributed by atoms with Gasteiger partial charge >= 0.3 is 5.97 Å². The molecular formula is C19H17N3O6S. The van der Waals surface area contributed by atoms with Crippen molar-refractivity contribution in [3.05, 3.63) is 64.5 Å². The van der Waals surface area contributed by atoms with E-state index in [-0.39, 0.29) is 27.2 Å². The number of esters is 1. The van der Waals surface area contributed by atoms with E-state index in [1.807, 2.05) is 0 Å². The molecule has 0 N–H and O–H groups in total. The van der Waals surface area contributed by atoms with Crippen LogP contribution in [0, 0.1) is 10.1 Å². The molecule has 2 aromatic heterocycles. The Morgan fingerprint density at radius 1 is 1.24 bits per heavy atom. The zero-order chi connectivity index (χ0) is 20.8. The molecule has 0 spiro atoms. The van der Waals surface area contributed by atoms with Gasteiger partial charge in [0.05, 0.1) is 22.5 Å². The van der Waals surface area contributed by atoms with E-state index in [1.165, 1.54) is 31.5 Å². The smallest absolute Gasteiger partial charge is 0.316 e. The van der Waals surface area contributed by atoms with Crippen molar-refractivity contribution in [3.8, 4) is 0 Å². The van der Waals surface area contributed by atoms with Crippen LogP contribution in [-0.4, -0.2) is 35.4 Å². The van der Waals surface area contributed by atoms with Crippen LogP contribution in [-0.2, 0) is 25.0 Å². The fraction of sp³-hybridized carbons (Fsp3) is 0.263. The summed E-state index contributed by atoms with van der Waals surface area (Å²) in [5.41, 5.74) is -1.31. The van der Waals surface area contributed by atoms with Crippen molar-refractivity contribution >= 4 is 32.7 Å². The number of pyridine rings is 1. The van der Waals surface area contributed by atoms with Crippen molar-refractivity contribution in [2.75, 3.05) is 7.11 Å². The van der Waals surface area contributed by atoms with E-state index in [2.05, 4.69) is 4.98 Å². The number of fused-ring (bicyclic) bond motifs is 1. The van der Waals surface area contributed by atoms with E-state index in [0.717, 1.165) is 10.2 Å². The number of ether oxygens (including phenoxy) is 1. The summed E-state index contributed by atoms with van der Waals surface area (Å²) in [7, 11) is -2.73. The highest BCUT2D eigenvalue weighted by molar-refractivity contribution is 7.90. The summed E-state index contributed by atoms with van der Waals surface area (Å²) in [5, 5.41) is 11.9. The first-order valence-corrected chi connectivity index (χ1v) is 10.3. The lowest BCUT2D eigenvalue weighted by Gasteiger charge is -2.39. The first kappa shape index (κ1) is 19.1. The molecule has 0 saturated heterocycles. The van der Waals surface area contributed by atoms with Crippen LogP contribution < -0.4 is 0 Å². The zero-order valence-electron chi connectivity index (χ0n) is 15.4. The van der Waals surface area contributed by atoms with Crippen LogP contribution in [0.3, 0.4) is 0 Å². The van der Waals surface area contributed by atoms with Crippen LogP contribution >= 0.6 is 0 Å². The summed E-state index contributed by atoms with van der Waals surface area (Å²) in [6, 6.07) is 9.26. The molecule has 0 unspecified atom stereocenters. The quantitative estimate of drug-likeness (QED) is 0.357. The number of methoxy groups -OCH3 is 1. The van der Waals surface area contributed by atoms with Gasteiger partial charge < -0.3 is 4.74 Å². The summed E-state index contributed by atoms with van der Waals surface area (Å²) >= 11 is 0. The van der Waals surface area contributed by atoms with E-state index in [0.29, 0.717) is 19.3 Å². The van der Waals surface area contributed by atoms with Gasteiger partial charge in [-0.1, -0.05) is 24.6 Å². The predicted molar refractivity (Wildman–Crippen MR) is 103 cm³/mol. The third-order valence-electron chi connectivity index (χ3n) is 5.42. The summed E-state index contributed by atoms with van der Waals surface area (Å²) in [5.74, 6) is -0.571. The van der Waals surface area contributed by atoms with Gasteiger partial charge in [0.1, 0.15) is 11.6 Å². The Bertz CT molecular complexity index is 1230. The molecule has 1 saturated carbocycles. The highest BCUT2D eigenvalue weighted by Gasteiger charge is 2.51. The molecule has 0 radical (unpaired) electrons. The van der Waals surface area contributed by atoms with Crippen LogP contribution in [0.2, 0.25) is 0 Å². The second kappa shape index (κ2) is 6.66. The fourth-order valence-electron chi connectivity index (χ4n) is 3.88. The lowest BCUT2D eigenvalue weighted by atomic mass is 9.63. The topological polar surface area (TPSA) is 121 Å². The maximum absolute atomic E-state index is 13.1. The number of aromatic nitrogens is 2. The minimum absolute atomic E-state index is 0.0321. The molecule has 1 aliphatic carbocycles. The van der Waals surface area contributed by atoms with Gasteiger partial charge in [0.2, 0.25) is 0 Å². The van der Waals surface area contributed by atoms with E-state index < -0.39 is 26.3 Å². The number of nitro groups is 1. The van der Waals surface area contributed by atoms with Gasteiger partial charge in [-0.15, -0.1) is 0 Å². The monoisotopic (exact) mass is 415 g/mol. The van der Waals surface area contributed by atoms with Crippen LogP contribution in [0.5, 0.6) is 0 Å². The van der Waals surface area contributed by atoms with Crippen molar-refractivity contribution < 1.29 is 22.9 Å². The van der Waals surface area contributed by atoms with Gasteiger partial charge in [0, 0.05) is 11.6 Å². The molecule has 150 valence electrons. The molecule has 0 aliphatic heterocycles. The average Bonchev–Trinajstić information content (AvgIpc) is 3.12. The highest BCUT2D eigenvalue weighted by Crippen LogP contribution is 2.50. The molecule has 3 aromatic rings. The van der Waals surface area contributed by atoms with Crippen molar-refractivity contribution in [1.29, 1.82) is 0 Å². The van der Waals surface area contributed by atoms with Gasteiger partial charge in [-0.25, -0.2) is 17.4 Å². The average molecular weight is 415 g/mol. The molecule has 1 aliphatic rings. The molecule has 0 atom stereocenters.